The van der Waals surface area contributed by atoms with Gasteiger partial charge in [0.2, 0.25) is 11.9 Å². The SMILES string of the molecule is CC(C)(C)NC(=O)CN1CCC(CNc2nc3ccccc3[nH]2)CC1. The van der Waals surface area contributed by atoms with E-state index in [0.717, 1.165) is 49.5 Å². The second kappa shape index (κ2) is 7.44. The van der Waals surface area contributed by atoms with Crippen LogP contribution < -0.4 is 10.6 Å². The summed E-state index contributed by atoms with van der Waals surface area (Å²) in [5.41, 5.74) is 1.89. The Morgan fingerprint density at radius 2 is 2.00 bits per heavy atom. The zero-order valence-electron chi connectivity index (χ0n) is 15.4. The number of imidazole rings is 1. The Morgan fingerprint density at radius 1 is 1.28 bits per heavy atom. The van der Waals surface area contributed by atoms with Gasteiger partial charge in [-0.25, -0.2) is 4.98 Å². The molecule has 1 aromatic heterocycles. The summed E-state index contributed by atoms with van der Waals surface area (Å²) in [6, 6.07) is 8.06. The molecule has 1 saturated heterocycles. The van der Waals surface area contributed by atoms with Crippen molar-refractivity contribution in [2.24, 2.45) is 5.92 Å². The Kier molecular flexibility index (Phi) is 5.27. The quantitative estimate of drug-likeness (QED) is 0.780. The molecule has 0 saturated carbocycles. The molecule has 0 unspecified atom stereocenters. The summed E-state index contributed by atoms with van der Waals surface area (Å²) in [6.45, 7) is 9.42. The Bertz CT molecular complexity index is 677. The monoisotopic (exact) mass is 343 g/mol. The van der Waals surface area contributed by atoms with Crippen LogP contribution in [0, 0.1) is 5.92 Å². The number of H-pyrrole nitrogens is 1. The molecule has 3 rings (SSSR count). The van der Waals surface area contributed by atoms with Crippen molar-refractivity contribution in [3.05, 3.63) is 24.3 Å². The number of anilines is 1. The summed E-state index contributed by atoms with van der Waals surface area (Å²) in [4.78, 5) is 22.1. The number of nitrogens with zero attached hydrogens (tertiary/aromatic N) is 2. The highest BCUT2D eigenvalue weighted by atomic mass is 16.2. The van der Waals surface area contributed by atoms with Gasteiger partial charge in [0.25, 0.3) is 0 Å². The van der Waals surface area contributed by atoms with E-state index in [9.17, 15) is 4.79 Å². The fourth-order valence-electron chi connectivity index (χ4n) is 3.29. The van der Waals surface area contributed by atoms with Crippen molar-refractivity contribution < 1.29 is 4.79 Å². The first-order valence-electron chi connectivity index (χ1n) is 9.11. The summed E-state index contributed by atoms with van der Waals surface area (Å²) < 4.78 is 0. The molecule has 25 heavy (non-hydrogen) atoms. The minimum atomic E-state index is -0.161. The van der Waals surface area contributed by atoms with Crippen molar-refractivity contribution in [1.82, 2.24) is 20.2 Å². The first kappa shape index (κ1) is 17.7. The number of rotatable bonds is 5. The van der Waals surface area contributed by atoms with Crippen LogP contribution in [0.15, 0.2) is 24.3 Å². The van der Waals surface area contributed by atoms with Crippen LogP contribution in [0.4, 0.5) is 5.95 Å². The molecule has 0 spiro atoms. The highest BCUT2D eigenvalue weighted by molar-refractivity contribution is 5.78. The van der Waals surface area contributed by atoms with Gasteiger partial charge in [0.05, 0.1) is 17.6 Å². The van der Waals surface area contributed by atoms with E-state index >= 15 is 0 Å². The topological polar surface area (TPSA) is 73.1 Å². The summed E-state index contributed by atoms with van der Waals surface area (Å²) in [6.07, 6.45) is 2.21. The van der Waals surface area contributed by atoms with Crippen molar-refractivity contribution in [3.63, 3.8) is 0 Å². The van der Waals surface area contributed by atoms with Crippen LogP contribution in [-0.2, 0) is 4.79 Å². The van der Waals surface area contributed by atoms with Crippen LogP contribution in [0.5, 0.6) is 0 Å². The molecule has 1 fully saturated rings. The molecular formula is C19H29N5O. The lowest BCUT2D eigenvalue weighted by Gasteiger charge is -2.32. The number of benzene rings is 1. The number of aromatic nitrogens is 2. The van der Waals surface area contributed by atoms with Gasteiger partial charge in [-0.05, 0) is 64.8 Å². The third kappa shape index (κ3) is 5.19. The van der Waals surface area contributed by atoms with E-state index in [4.69, 9.17) is 0 Å². The number of hydrogen-bond acceptors (Lipinski definition) is 4. The fraction of sp³-hybridized carbons (Fsp3) is 0.579. The molecule has 2 aromatic rings. The molecule has 1 aliphatic heterocycles. The lowest BCUT2D eigenvalue weighted by molar-refractivity contribution is -0.124. The normalized spacial score (nSPS) is 16.9. The van der Waals surface area contributed by atoms with Crippen LogP contribution in [0.2, 0.25) is 0 Å². The molecular weight excluding hydrogens is 314 g/mol. The zero-order chi connectivity index (χ0) is 17.9. The van der Waals surface area contributed by atoms with Crippen molar-refractivity contribution in [2.45, 2.75) is 39.2 Å². The maximum absolute atomic E-state index is 12.0. The van der Waals surface area contributed by atoms with Crippen LogP contribution in [0.1, 0.15) is 33.6 Å². The molecule has 0 bridgehead atoms. The minimum absolute atomic E-state index is 0.117. The van der Waals surface area contributed by atoms with Gasteiger partial charge in [-0.15, -0.1) is 0 Å². The molecule has 0 radical (unpaired) electrons. The predicted octanol–water partition coefficient (Wildman–Crippen LogP) is 2.60. The van der Waals surface area contributed by atoms with Crippen molar-refractivity contribution in [1.29, 1.82) is 0 Å². The van der Waals surface area contributed by atoms with Crippen molar-refractivity contribution >= 4 is 22.9 Å². The second-order valence-corrected chi connectivity index (χ2v) is 8.00. The second-order valence-electron chi connectivity index (χ2n) is 8.00. The number of aromatic amines is 1. The molecule has 3 N–H and O–H groups in total. The first-order valence-corrected chi connectivity index (χ1v) is 9.11. The smallest absolute Gasteiger partial charge is 0.234 e. The van der Waals surface area contributed by atoms with E-state index < -0.39 is 0 Å². The number of likely N-dealkylation sites (tertiary alicyclic amines) is 1. The maximum atomic E-state index is 12.0. The van der Waals surface area contributed by atoms with Crippen LogP contribution >= 0.6 is 0 Å². The molecule has 2 heterocycles. The average molecular weight is 343 g/mol. The lowest BCUT2D eigenvalue weighted by Crippen LogP contribution is -2.47. The third-order valence-corrected chi connectivity index (χ3v) is 4.54. The van der Waals surface area contributed by atoms with Crippen molar-refractivity contribution in [2.75, 3.05) is 31.5 Å². The maximum Gasteiger partial charge on any atom is 0.234 e. The van der Waals surface area contributed by atoms with E-state index in [-0.39, 0.29) is 11.4 Å². The summed E-state index contributed by atoms with van der Waals surface area (Å²) in [7, 11) is 0. The van der Waals surface area contributed by atoms with E-state index in [1.807, 2.05) is 45.0 Å². The molecule has 1 aliphatic rings. The molecule has 6 heteroatoms. The molecule has 136 valence electrons. The van der Waals surface area contributed by atoms with E-state index in [0.29, 0.717) is 12.5 Å². The van der Waals surface area contributed by atoms with Gasteiger partial charge in [0, 0.05) is 12.1 Å². The Hall–Kier alpha value is -2.08. The van der Waals surface area contributed by atoms with Gasteiger partial charge in [0.15, 0.2) is 0 Å². The largest absolute Gasteiger partial charge is 0.356 e. The van der Waals surface area contributed by atoms with Gasteiger partial charge in [-0.1, -0.05) is 12.1 Å². The highest BCUT2D eigenvalue weighted by Crippen LogP contribution is 2.19. The number of carbonyl (C=O) groups is 1. The summed E-state index contributed by atoms with van der Waals surface area (Å²) in [5.74, 6) is 1.58. The van der Waals surface area contributed by atoms with Gasteiger partial charge in [0.1, 0.15) is 0 Å². The summed E-state index contributed by atoms with van der Waals surface area (Å²) in [5, 5.41) is 6.46. The number of piperidine rings is 1. The van der Waals surface area contributed by atoms with Gasteiger partial charge in [-0.3, -0.25) is 9.69 Å². The minimum Gasteiger partial charge on any atom is -0.356 e. The average Bonchev–Trinajstić information content (AvgIpc) is 2.95. The van der Waals surface area contributed by atoms with E-state index in [1.165, 1.54) is 0 Å². The Balaban J connectivity index is 1.41. The fourth-order valence-corrected chi connectivity index (χ4v) is 3.29. The molecule has 0 aliphatic carbocycles. The Morgan fingerprint density at radius 3 is 2.68 bits per heavy atom. The number of hydrogen-bond donors (Lipinski definition) is 3. The lowest BCUT2D eigenvalue weighted by atomic mass is 9.97. The standard InChI is InChI=1S/C19H29N5O/c1-19(2,3)23-17(25)13-24-10-8-14(9-11-24)12-20-18-21-15-6-4-5-7-16(15)22-18/h4-7,14H,8-13H2,1-3H3,(H,23,25)(H2,20,21,22). The predicted molar refractivity (Wildman–Crippen MR) is 102 cm³/mol. The van der Waals surface area contributed by atoms with Crippen molar-refractivity contribution in [3.8, 4) is 0 Å². The zero-order valence-corrected chi connectivity index (χ0v) is 15.4. The number of nitrogens with one attached hydrogen (secondary N) is 3. The van der Waals surface area contributed by atoms with E-state index in [1.54, 1.807) is 0 Å². The van der Waals surface area contributed by atoms with Crippen LogP contribution in [-0.4, -0.2) is 52.5 Å². The third-order valence-electron chi connectivity index (χ3n) is 4.54. The summed E-state index contributed by atoms with van der Waals surface area (Å²) >= 11 is 0. The van der Waals surface area contributed by atoms with Gasteiger partial charge >= 0.3 is 0 Å². The molecule has 1 amide bonds. The van der Waals surface area contributed by atoms with Crippen LogP contribution in [0.3, 0.4) is 0 Å². The van der Waals surface area contributed by atoms with E-state index in [2.05, 4.69) is 25.5 Å². The number of para-hydroxylation sites is 2. The van der Waals surface area contributed by atoms with Gasteiger partial charge in [-0.2, -0.15) is 0 Å². The number of amides is 1. The highest BCUT2D eigenvalue weighted by Gasteiger charge is 2.22. The molecule has 6 nitrogen and oxygen atoms in total. The number of carbonyl (C=O) groups excluding carboxylic acids is 1. The van der Waals surface area contributed by atoms with Crippen LogP contribution in [0.25, 0.3) is 11.0 Å². The number of fused-ring (bicyclic) bond motifs is 1. The Labute approximate surface area is 149 Å². The first-order chi connectivity index (χ1) is 11.9. The molecule has 1 aromatic carbocycles. The molecule has 0 atom stereocenters. The van der Waals surface area contributed by atoms with Gasteiger partial charge < -0.3 is 15.6 Å².